The molecule has 19 heavy (non-hydrogen) atoms. The third-order valence-corrected chi connectivity index (χ3v) is 3.60. The molecule has 0 amide bonds. The lowest BCUT2D eigenvalue weighted by Gasteiger charge is -2.12. The Hall–Kier alpha value is -1.95. The summed E-state index contributed by atoms with van der Waals surface area (Å²) in [7, 11) is 0. The molecule has 0 aliphatic rings. The highest BCUT2D eigenvalue weighted by atomic mass is 32.1. The molecule has 0 saturated carbocycles. The summed E-state index contributed by atoms with van der Waals surface area (Å²) < 4.78 is 0. The number of aryl methyl sites for hydroxylation is 1. The van der Waals surface area contributed by atoms with Gasteiger partial charge in [-0.1, -0.05) is 0 Å². The van der Waals surface area contributed by atoms with E-state index in [1.54, 1.807) is 17.4 Å². The Morgan fingerprint density at radius 1 is 1.37 bits per heavy atom. The average Bonchev–Trinajstić information content (AvgIpc) is 2.75. The number of rotatable bonds is 5. The molecule has 5 nitrogen and oxygen atoms in total. The van der Waals surface area contributed by atoms with Gasteiger partial charge in [-0.2, -0.15) is 0 Å². The molecule has 0 aliphatic carbocycles. The van der Waals surface area contributed by atoms with Crippen molar-refractivity contribution in [1.29, 1.82) is 0 Å². The first kappa shape index (κ1) is 13.5. The average molecular weight is 277 g/mol. The van der Waals surface area contributed by atoms with E-state index in [-0.39, 0.29) is 11.7 Å². The molecule has 1 unspecified atom stereocenters. The molecular formula is C13H15N3O2S. The maximum Gasteiger partial charge on any atom is 0.356 e. The van der Waals surface area contributed by atoms with Gasteiger partial charge in [0.15, 0.2) is 5.69 Å². The van der Waals surface area contributed by atoms with E-state index in [9.17, 15) is 4.79 Å². The van der Waals surface area contributed by atoms with Crippen molar-refractivity contribution in [1.82, 2.24) is 10.2 Å². The van der Waals surface area contributed by atoms with E-state index in [2.05, 4.69) is 41.5 Å². The number of nitrogens with zero attached hydrogens (tertiary/aromatic N) is 2. The topological polar surface area (TPSA) is 75.1 Å². The van der Waals surface area contributed by atoms with E-state index >= 15 is 0 Å². The van der Waals surface area contributed by atoms with Gasteiger partial charge in [0.25, 0.3) is 0 Å². The summed E-state index contributed by atoms with van der Waals surface area (Å²) in [5.74, 6) is -0.480. The van der Waals surface area contributed by atoms with Gasteiger partial charge < -0.3 is 10.4 Å². The maximum atomic E-state index is 10.7. The summed E-state index contributed by atoms with van der Waals surface area (Å²) in [6.45, 7) is 4.14. The quantitative estimate of drug-likeness (QED) is 0.878. The molecule has 1 atom stereocenters. The standard InChI is InChI=1S/C13H15N3O2S/c1-8(7-10-4-3-9(2)19-10)14-12-6-5-11(13(17)18)15-16-12/h3-6,8H,7H2,1-2H3,(H,14,16)(H,17,18). The fourth-order valence-electron chi connectivity index (χ4n) is 1.72. The van der Waals surface area contributed by atoms with E-state index in [1.165, 1.54) is 15.8 Å². The van der Waals surface area contributed by atoms with Crippen molar-refractivity contribution in [2.75, 3.05) is 5.32 Å². The lowest BCUT2D eigenvalue weighted by molar-refractivity contribution is 0.0689. The summed E-state index contributed by atoms with van der Waals surface area (Å²) in [6.07, 6.45) is 0.904. The number of carboxylic acid groups (broad SMARTS) is 1. The summed E-state index contributed by atoms with van der Waals surface area (Å²) in [6, 6.07) is 7.51. The number of hydrogen-bond acceptors (Lipinski definition) is 5. The van der Waals surface area contributed by atoms with Gasteiger partial charge in [-0.25, -0.2) is 4.79 Å². The summed E-state index contributed by atoms with van der Waals surface area (Å²) in [5, 5.41) is 19.4. The predicted molar refractivity (Wildman–Crippen MR) is 74.8 cm³/mol. The molecule has 6 heteroatoms. The third kappa shape index (κ3) is 3.75. The number of aromatic carboxylic acids is 1. The van der Waals surface area contributed by atoms with Crippen molar-refractivity contribution in [2.24, 2.45) is 0 Å². The molecule has 0 spiro atoms. The van der Waals surface area contributed by atoms with Gasteiger partial charge in [0.2, 0.25) is 0 Å². The largest absolute Gasteiger partial charge is 0.476 e. The van der Waals surface area contributed by atoms with Crippen LogP contribution in [0.5, 0.6) is 0 Å². The lowest BCUT2D eigenvalue weighted by Crippen LogP contribution is -2.19. The summed E-state index contributed by atoms with van der Waals surface area (Å²) in [5.41, 5.74) is -0.0490. The van der Waals surface area contributed by atoms with Crippen molar-refractivity contribution < 1.29 is 9.90 Å². The molecule has 2 rings (SSSR count). The Morgan fingerprint density at radius 3 is 2.68 bits per heavy atom. The number of carbonyl (C=O) groups is 1. The second kappa shape index (κ2) is 5.79. The molecule has 0 aliphatic heterocycles. The zero-order chi connectivity index (χ0) is 13.8. The monoisotopic (exact) mass is 277 g/mol. The second-order valence-electron chi connectivity index (χ2n) is 4.37. The molecule has 2 N–H and O–H groups in total. The zero-order valence-corrected chi connectivity index (χ0v) is 11.6. The van der Waals surface area contributed by atoms with Crippen LogP contribution in [0.2, 0.25) is 0 Å². The molecule has 2 aromatic heterocycles. The van der Waals surface area contributed by atoms with Gasteiger partial charge in [0.1, 0.15) is 5.82 Å². The molecule has 0 saturated heterocycles. The Morgan fingerprint density at radius 2 is 2.16 bits per heavy atom. The van der Waals surface area contributed by atoms with Crippen LogP contribution in [0.15, 0.2) is 24.3 Å². The van der Waals surface area contributed by atoms with Crippen molar-refractivity contribution in [3.63, 3.8) is 0 Å². The van der Waals surface area contributed by atoms with Gasteiger partial charge in [-0.3, -0.25) is 0 Å². The SMILES string of the molecule is Cc1ccc(CC(C)Nc2ccc(C(=O)O)nn2)s1. The van der Waals surface area contributed by atoms with Crippen molar-refractivity contribution >= 4 is 23.1 Å². The Labute approximate surface area is 115 Å². The van der Waals surface area contributed by atoms with Crippen molar-refractivity contribution in [3.8, 4) is 0 Å². The van der Waals surface area contributed by atoms with E-state index in [0.717, 1.165) is 6.42 Å². The van der Waals surface area contributed by atoms with E-state index < -0.39 is 5.97 Å². The minimum Gasteiger partial charge on any atom is -0.476 e. The van der Waals surface area contributed by atoms with Gasteiger partial charge in [0.05, 0.1) is 0 Å². The number of thiophene rings is 1. The Bertz CT molecular complexity index is 566. The number of hydrogen-bond donors (Lipinski definition) is 2. The maximum absolute atomic E-state index is 10.7. The van der Waals surface area contributed by atoms with Crippen LogP contribution in [-0.4, -0.2) is 27.3 Å². The first-order valence-electron chi connectivity index (χ1n) is 5.93. The van der Waals surface area contributed by atoms with E-state index in [0.29, 0.717) is 5.82 Å². The molecule has 2 aromatic rings. The molecule has 100 valence electrons. The number of carboxylic acids is 1. The molecule has 0 radical (unpaired) electrons. The smallest absolute Gasteiger partial charge is 0.356 e. The van der Waals surface area contributed by atoms with Crippen LogP contribution in [0.25, 0.3) is 0 Å². The highest BCUT2D eigenvalue weighted by molar-refractivity contribution is 7.11. The van der Waals surface area contributed by atoms with Gasteiger partial charge in [-0.05, 0) is 38.1 Å². The summed E-state index contributed by atoms with van der Waals surface area (Å²) >= 11 is 1.78. The molecule has 2 heterocycles. The molecule has 0 fully saturated rings. The fourth-order valence-corrected chi connectivity index (χ4v) is 2.74. The fraction of sp³-hybridized carbons (Fsp3) is 0.308. The third-order valence-electron chi connectivity index (χ3n) is 2.58. The normalized spacial score (nSPS) is 12.1. The number of aromatic nitrogens is 2. The summed E-state index contributed by atoms with van der Waals surface area (Å²) in [4.78, 5) is 13.3. The number of nitrogens with one attached hydrogen (secondary N) is 1. The van der Waals surface area contributed by atoms with Crippen LogP contribution < -0.4 is 5.32 Å². The van der Waals surface area contributed by atoms with Crippen molar-refractivity contribution in [2.45, 2.75) is 26.3 Å². The minimum atomic E-state index is -1.07. The van der Waals surface area contributed by atoms with E-state index in [4.69, 9.17) is 5.11 Å². The van der Waals surface area contributed by atoms with Crippen LogP contribution in [-0.2, 0) is 6.42 Å². The zero-order valence-electron chi connectivity index (χ0n) is 10.8. The van der Waals surface area contributed by atoms with E-state index in [1.807, 2.05) is 0 Å². The van der Waals surface area contributed by atoms with Crippen LogP contribution in [0.4, 0.5) is 5.82 Å². The van der Waals surface area contributed by atoms with Crippen LogP contribution in [0, 0.1) is 6.92 Å². The van der Waals surface area contributed by atoms with Gasteiger partial charge in [0, 0.05) is 22.2 Å². The lowest BCUT2D eigenvalue weighted by atomic mass is 10.2. The Balaban J connectivity index is 1.94. The number of anilines is 1. The van der Waals surface area contributed by atoms with Crippen LogP contribution in [0.1, 0.15) is 27.2 Å². The first-order valence-corrected chi connectivity index (χ1v) is 6.75. The van der Waals surface area contributed by atoms with Gasteiger partial charge in [-0.15, -0.1) is 21.5 Å². The first-order chi connectivity index (χ1) is 9.04. The minimum absolute atomic E-state index is 0.0490. The molecule has 0 aromatic carbocycles. The van der Waals surface area contributed by atoms with Gasteiger partial charge >= 0.3 is 5.97 Å². The molecular weight excluding hydrogens is 262 g/mol. The Kier molecular flexibility index (Phi) is 4.11. The predicted octanol–water partition coefficient (Wildman–Crippen LogP) is 2.59. The second-order valence-corrected chi connectivity index (χ2v) is 5.74. The van der Waals surface area contributed by atoms with Crippen molar-refractivity contribution in [3.05, 3.63) is 39.7 Å². The molecule has 0 bridgehead atoms. The highest BCUT2D eigenvalue weighted by Crippen LogP contribution is 2.17. The van der Waals surface area contributed by atoms with Crippen LogP contribution in [0.3, 0.4) is 0 Å². The van der Waals surface area contributed by atoms with Crippen LogP contribution >= 0.6 is 11.3 Å². The highest BCUT2D eigenvalue weighted by Gasteiger charge is 2.08.